The average molecular weight is 355 g/mol. The van der Waals surface area contributed by atoms with Gasteiger partial charge >= 0.3 is 0 Å². The zero-order valence-corrected chi connectivity index (χ0v) is 13.7. The van der Waals surface area contributed by atoms with Gasteiger partial charge in [0.1, 0.15) is 0 Å². The van der Waals surface area contributed by atoms with E-state index >= 15 is 0 Å². The molecular formula is C15H12Cl2N2O2S. The highest BCUT2D eigenvalue weighted by molar-refractivity contribution is 7.80. The van der Waals surface area contributed by atoms with Crippen molar-refractivity contribution in [2.75, 3.05) is 12.1 Å². The van der Waals surface area contributed by atoms with Crippen LogP contribution in [0.15, 0.2) is 36.4 Å². The van der Waals surface area contributed by atoms with Gasteiger partial charge in [-0.25, -0.2) is 0 Å². The number of anilines is 1. The summed E-state index contributed by atoms with van der Waals surface area (Å²) in [5.74, 6) is 1.51. The summed E-state index contributed by atoms with van der Waals surface area (Å²) >= 11 is 17.2. The maximum atomic E-state index is 5.95. The number of fused-ring (bicyclic) bond motifs is 1. The first kappa shape index (κ1) is 15.2. The molecule has 0 spiro atoms. The van der Waals surface area contributed by atoms with E-state index in [1.165, 1.54) is 0 Å². The van der Waals surface area contributed by atoms with Crippen LogP contribution in [0, 0.1) is 0 Å². The van der Waals surface area contributed by atoms with E-state index in [0.29, 0.717) is 21.7 Å². The molecule has 0 aliphatic carbocycles. The van der Waals surface area contributed by atoms with E-state index < -0.39 is 0 Å². The minimum absolute atomic E-state index is 0.266. The maximum Gasteiger partial charge on any atom is 0.231 e. The van der Waals surface area contributed by atoms with E-state index in [9.17, 15) is 0 Å². The van der Waals surface area contributed by atoms with Crippen molar-refractivity contribution in [2.45, 2.75) is 6.54 Å². The van der Waals surface area contributed by atoms with Gasteiger partial charge in [0.15, 0.2) is 16.6 Å². The molecule has 1 aliphatic rings. The summed E-state index contributed by atoms with van der Waals surface area (Å²) in [5, 5.41) is 7.74. The minimum Gasteiger partial charge on any atom is -0.454 e. The summed E-state index contributed by atoms with van der Waals surface area (Å²) in [6.07, 6.45) is 0. The fourth-order valence-corrected chi connectivity index (χ4v) is 2.75. The lowest BCUT2D eigenvalue weighted by atomic mass is 10.2. The first-order valence-electron chi connectivity index (χ1n) is 6.49. The number of ether oxygens (including phenoxy) is 2. The molecule has 7 heteroatoms. The summed E-state index contributed by atoms with van der Waals surface area (Å²) in [5.41, 5.74) is 1.78. The standard InChI is InChI=1S/C15H12Cl2N2O2S/c16-10-4-11(17)6-12(5-10)19-15(22)18-7-9-1-2-13-14(3-9)21-8-20-13/h1-6H,7-8H2,(H2,18,19,22). The molecular weight excluding hydrogens is 343 g/mol. The molecule has 0 bridgehead atoms. The zero-order valence-electron chi connectivity index (χ0n) is 11.4. The van der Waals surface area contributed by atoms with Crippen LogP contribution in [0.5, 0.6) is 11.5 Å². The molecule has 2 aromatic carbocycles. The van der Waals surface area contributed by atoms with Crippen LogP contribution in [0.4, 0.5) is 5.69 Å². The Balaban J connectivity index is 1.58. The topological polar surface area (TPSA) is 42.5 Å². The monoisotopic (exact) mass is 354 g/mol. The molecule has 4 nitrogen and oxygen atoms in total. The molecule has 22 heavy (non-hydrogen) atoms. The molecule has 0 unspecified atom stereocenters. The molecule has 2 aromatic rings. The van der Waals surface area contributed by atoms with Gasteiger partial charge < -0.3 is 20.1 Å². The zero-order chi connectivity index (χ0) is 15.5. The van der Waals surface area contributed by atoms with Gasteiger partial charge in [-0.05, 0) is 48.1 Å². The van der Waals surface area contributed by atoms with Gasteiger partial charge in [-0.15, -0.1) is 0 Å². The first-order valence-corrected chi connectivity index (χ1v) is 7.66. The van der Waals surface area contributed by atoms with Crippen molar-refractivity contribution in [3.8, 4) is 11.5 Å². The third kappa shape index (κ3) is 3.74. The fourth-order valence-electron chi connectivity index (χ4n) is 2.03. The number of halogens is 2. The van der Waals surface area contributed by atoms with Crippen LogP contribution in [0.3, 0.4) is 0 Å². The van der Waals surface area contributed by atoms with E-state index in [1.807, 2.05) is 18.2 Å². The molecule has 2 N–H and O–H groups in total. The van der Waals surface area contributed by atoms with Crippen molar-refractivity contribution in [1.82, 2.24) is 5.32 Å². The molecule has 114 valence electrons. The van der Waals surface area contributed by atoms with Crippen LogP contribution < -0.4 is 20.1 Å². The molecule has 3 rings (SSSR count). The van der Waals surface area contributed by atoms with Gasteiger partial charge in [0.25, 0.3) is 0 Å². The van der Waals surface area contributed by atoms with E-state index in [-0.39, 0.29) is 6.79 Å². The van der Waals surface area contributed by atoms with Crippen LogP contribution in [0.1, 0.15) is 5.56 Å². The molecule has 1 aliphatic heterocycles. The third-order valence-electron chi connectivity index (χ3n) is 3.01. The molecule has 0 saturated heterocycles. The SMILES string of the molecule is S=C(NCc1ccc2c(c1)OCO2)Nc1cc(Cl)cc(Cl)c1. The van der Waals surface area contributed by atoms with Crippen molar-refractivity contribution in [3.63, 3.8) is 0 Å². The second kappa shape index (κ2) is 6.60. The van der Waals surface area contributed by atoms with Crippen molar-refractivity contribution >= 4 is 46.2 Å². The second-order valence-electron chi connectivity index (χ2n) is 4.65. The fraction of sp³-hybridized carbons (Fsp3) is 0.133. The number of rotatable bonds is 3. The largest absolute Gasteiger partial charge is 0.454 e. The molecule has 0 amide bonds. The van der Waals surface area contributed by atoms with Crippen molar-refractivity contribution in [3.05, 3.63) is 52.0 Å². The van der Waals surface area contributed by atoms with Crippen LogP contribution in [-0.2, 0) is 6.54 Å². The Labute approximate surface area is 143 Å². The van der Waals surface area contributed by atoms with Crippen molar-refractivity contribution < 1.29 is 9.47 Å². The summed E-state index contributed by atoms with van der Waals surface area (Å²) < 4.78 is 10.6. The minimum atomic E-state index is 0.266. The third-order valence-corrected chi connectivity index (χ3v) is 3.69. The van der Waals surface area contributed by atoms with Crippen molar-refractivity contribution in [1.29, 1.82) is 0 Å². The molecule has 1 heterocycles. The van der Waals surface area contributed by atoms with E-state index in [1.54, 1.807) is 18.2 Å². The van der Waals surface area contributed by atoms with E-state index in [2.05, 4.69) is 10.6 Å². The highest BCUT2D eigenvalue weighted by Crippen LogP contribution is 2.32. The number of hydrogen-bond donors (Lipinski definition) is 2. The lowest BCUT2D eigenvalue weighted by Crippen LogP contribution is -2.27. The molecule has 0 atom stereocenters. The number of benzene rings is 2. The molecule has 0 aromatic heterocycles. The molecule has 0 saturated carbocycles. The number of nitrogens with one attached hydrogen (secondary N) is 2. The highest BCUT2D eigenvalue weighted by atomic mass is 35.5. The van der Waals surface area contributed by atoms with Gasteiger partial charge in [0.2, 0.25) is 6.79 Å². The maximum absolute atomic E-state index is 5.95. The summed E-state index contributed by atoms with van der Waals surface area (Å²) in [6.45, 7) is 0.832. The summed E-state index contributed by atoms with van der Waals surface area (Å²) in [7, 11) is 0. The Morgan fingerprint density at radius 2 is 1.77 bits per heavy atom. The second-order valence-corrected chi connectivity index (χ2v) is 5.93. The summed E-state index contributed by atoms with van der Waals surface area (Å²) in [6, 6.07) is 10.9. The Bertz CT molecular complexity index is 704. The van der Waals surface area contributed by atoms with Gasteiger partial charge in [-0.2, -0.15) is 0 Å². The predicted octanol–water partition coefficient (Wildman–Crippen LogP) is 4.21. The Morgan fingerprint density at radius 1 is 1.05 bits per heavy atom. The average Bonchev–Trinajstić information content (AvgIpc) is 2.91. The quantitative estimate of drug-likeness (QED) is 0.808. The van der Waals surface area contributed by atoms with E-state index in [4.69, 9.17) is 44.9 Å². The lowest BCUT2D eigenvalue weighted by Gasteiger charge is -2.11. The normalized spacial score (nSPS) is 12.1. The van der Waals surface area contributed by atoms with Gasteiger partial charge in [-0.1, -0.05) is 29.3 Å². The van der Waals surface area contributed by atoms with Crippen LogP contribution in [-0.4, -0.2) is 11.9 Å². The highest BCUT2D eigenvalue weighted by Gasteiger charge is 2.13. The Hall–Kier alpha value is -1.69. The number of thiocarbonyl (C=S) groups is 1. The Morgan fingerprint density at radius 3 is 2.55 bits per heavy atom. The first-order chi connectivity index (χ1) is 10.6. The van der Waals surface area contributed by atoms with Crippen LogP contribution in [0.25, 0.3) is 0 Å². The van der Waals surface area contributed by atoms with Crippen LogP contribution in [0.2, 0.25) is 10.0 Å². The molecule has 0 fully saturated rings. The van der Waals surface area contributed by atoms with Gasteiger partial charge in [0.05, 0.1) is 0 Å². The van der Waals surface area contributed by atoms with Crippen molar-refractivity contribution in [2.24, 2.45) is 0 Å². The predicted molar refractivity (Wildman–Crippen MR) is 92.1 cm³/mol. The smallest absolute Gasteiger partial charge is 0.231 e. The van der Waals surface area contributed by atoms with E-state index in [0.717, 1.165) is 22.7 Å². The van der Waals surface area contributed by atoms with Crippen LogP contribution >= 0.6 is 35.4 Å². The lowest BCUT2D eigenvalue weighted by molar-refractivity contribution is 0.174. The Kier molecular flexibility index (Phi) is 4.57. The number of hydrogen-bond acceptors (Lipinski definition) is 3. The molecule has 0 radical (unpaired) electrons. The van der Waals surface area contributed by atoms with Gasteiger partial charge in [-0.3, -0.25) is 0 Å². The summed E-state index contributed by atoms with van der Waals surface area (Å²) in [4.78, 5) is 0. The van der Waals surface area contributed by atoms with Gasteiger partial charge in [0, 0.05) is 22.3 Å².